The lowest BCUT2D eigenvalue weighted by molar-refractivity contribution is 0.177. The molecule has 0 aromatic rings. The van der Waals surface area contributed by atoms with E-state index in [2.05, 4.69) is 0 Å². The molecular formula is C5H14ClNO. The van der Waals surface area contributed by atoms with Crippen molar-refractivity contribution in [3.63, 3.8) is 0 Å². The zero-order valence-corrected chi connectivity index (χ0v) is 6.11. The predicted molar refractivity (Wildman–Crippen MR) is 37.2 cm³/mol. The van der Waals surface area contributed by atoms with E-state index in [0.717, 1.165) is 0 Å². The molecule has 52 valence electrons. The van der Waals surface area contributed by atoms with Crippen LogP contribution in [-0.2, 0) is 0 Å². The monoisotopic (exact) mass is 139 g/mol. The third-order valence-electron chi connectivity index (χ3n) is 0.713. The maximum atomic E-state index is 8.64. The van der Waals surface area contributed by atoms with Gasteiger partial charge in [-0.2, -0.15) is 0 Å². The van der Waals surface area contributed by atoms with Crippen molar-refractivity contribution in [3.05, 3.63) is 0 Å². The van der Waals surface area contributed by atoms with E-state index in [4.69, 9.17) is 10.8 Å². The van der Waals surface area contributed by atoms with Gasteiger partial charge in [-0.25, -0.2) is 0 Å². The Morgan fingerprint density at radius 3 is 1.88 bits per heavy atom. The summed E-state index contributed by atoms with van der Waals surface area (Å²) >= 11 is 0. The highest BCUT2D eigenvalue weighted by Gasteiger charge is 1.97. The summed E-state index contributed by atoms with van der Waals surface area (Å²) in [4.78, 5) is 0. The number of rotatable bonds is 2. The molecule has 0 amide bonds. The molecule has 0 aromatic carbocycles. The van der Waals surface area contributed by atoms with Crippen molar-refractivity contribution in [2.45, 2.75) is 32.4 Å². The van der Waals surface area contributed by atoms with Crippen molar-refractivity contribution in [3.8, 4) is 0 Å². The standard InChI is InChI=1S/C5H13NO.ClH/c1-4(6)3-5(2)7;/h4-5,7H,3,6H2,1-2H3;1H/t4-,5?;/m1./s1. The summed E-state index contributed by atoms with van der Waals surface area (Å²) in [5.41, 5.74) is 5.33. The van der Waals surface area contributed by atoms with Gasteiger partial charge in [-0.15, -0.1) is 12.4 Å². The minimum absolute atomic E-state index is 0. The Bertz CT molecular complexity index is 41.7. The summed E-state index contributed by atoms with van der Waals surface area (Å²) in [6, 6.07) is 0.125. The summed E-state index contributed by atoms with van der Waals surface area (Å²) in [7, 11) is 0. The molecule has 3 N–H and O–H groups in total. The van der Waals surface area contributed by atoms with E-state index >= 15 is 0 Å². The smallest absolute Gasteiger partial charge is 0.0526 e. The lowest BCUT2D eigenvalue weighted by Crippen LogP contribution is -2.20. The van der Waals surface area contributed by atoms with Crippen molar-refractivity contribution in [1.29, 1.82) is 0 Å². The maximum absolute atomic E-state index is 8.64. The third-order valence-corrected chi connectivity index (χ3v) is 0.713. The molecule has 0 saturated heterocycles. The van der Waals surface area contributed by atoms with Gasteiger partial charge in [-0.3, -0.25) is 0 Å². The average Bonchev–Trinajstić information content (AvgIpc) is 1.27. The number of aliphatic hydroxyl groups excluding tert-OH is 1. The van der Waals surface area contributed by atoms with Gasteiger partial charge < -0.3 is 10.8 Å². The molecule has 0 aliphatic heterocycles. The number of aliphatic hydroxyl groups is 1. The molecule has 3 heteroatoms. The zero-order chi connectivity index (χ0) is 5.86. The van der Waals surface area contributed by atoms with Gasteiger partial charge >= 0.3 is 0 Å². The fourth-order valence-electron chi connectivity index (χ4n) is 0.538. The summed E-state index contributed by atoms with van der Waals surface area (Å²) in [5.74, 6) is 0. The first-order valence-corrected chi connectivity index (χ1v) is 2.56. The van der Waals surface area contributed by atoms with Crippen LogP contribution in [0.5, 0.6) is 0 Å². The van der Waals surface area contributed by atoms with Crippen molar-refractivity contribution in [2.75, 3.05) is 0 Å². The Morgan fingerprint density at radius 1 is 1.50 bits per heavy atom. The summed E-state index contributed by atoms with van der Waals surface area (Å²) in [6.45, 7) is 3.62. The van der Waals surface area contributed by atoms with Crippen LogP contribution in [0.4, 0.5) is 0 Å². The Hall–Kier alpha value is 0.210. The topological polar surface area (TPSA) is 46.2 Å². The van der Waals surface area contributed by atoms with Gasteiger partial charge in [0, 0.05) is 6.04 Å². The normalized spacial score (nSPS) is 16.5. The fourth-order valence-corrected chi connectivity index (χ4v) is 0.538. The lowest BCUT2D eigenvalue weighted by Gasteiger charge is -2.05. The molecule has 0 fully saturated rings. The van der Waals surface area contributed by atoms with Crippen molar-refractivity contribution >= 4 is 12.4 Å². The summed E-state index contributed by atoms with van der Waals surface area (Å²) < 4.78 is 0. The first-order valence-electron chi connectivity index (χ1n) is 2.56. The van der Waals surface area contributed by atoms with Crippen LogP contribution in [0.2, 0.25) is 0 Å². The first-order chi connectivity index (χ1) is 3.13. The van der Waals surface area contributed by atoms with E-state index < -0.39 is 0 Å². The molecule has 0 radical (unpaired) electrons. The van der Waals surface area contributed by atoms with Crippen molar-refractivity contribution in [2.24, 2.45) is 5.73 Å². The van der Waals surface area contributed by atoms with Crippen LogP contribution in [0.25, 0.3) is 0 Å². The Morgan fingerprint density at radius 2 is 1.88 bits per heavy atom. The minimum Gasteiger partial charge on any atom is -0.393 e. The molecule has 1 unspecified atom stereocenters. The van der Waals surface area contributed by atoms with Crippen LogP contribution in [0.15, 0.2) is 0 Å². The summed E-state index contributed by atoms with van der Waals surface area (Å²) in [5, 5.41) is 8.64. The van der Waals surface area contributed by atoms with Gasteiger partial charge in [-0.05, 0) is 20.3 Å². The molecule has 8 heavy (non-hydrogen) atoms. The van der Waals surface area contributed by atoms with Crippen molar-refractivity contribution in [1.82, 2.24) is 0 Å². The fraction of sp³-hybridized carbons (Fsp3) is 1.00. The SMILES string of the molecule is CC(O)C[C@@H](C)N.Cl. The molecule has 0 rings (SSSR count). The lowest BCUT2D eigenvalue weighted by atomic mass is 10.2. The summed E-state index contributed by atoms with van der Waals surface area (Å²) in [6.07, 6.45) is 0.444. The van der Waals surface area contributed by atoms with Gasteiger partial charge in [0.25, 0.3) is 0 Å². The van der Waals surface area contributed by atoms with E-state index in [-0.39, 0.29) is 24.6 Å². The van der Waals surface area contributed by atoms with Gasteiger partial charge in [-0.1, -0.05) is 0 Å². The number of nitrogens with two attached hydrogens (primary N) is 1. The highest BCUT2D eigenvalue weighted by molar-refractivity contribution is 5.85. The zero-order valence-electron chi connectivity index (χ0n) is 5.29. The molecule has 0 saturated carbocycles. The molecule has 0 heterocycles. The van der Waals surface area contributed by atoms with E-state index in [1.54, 1.807) is 6.92 Å². The van der Waals surface area contributed by atoms with Crippen LogP contribution in [-0.4, -0.2) is 17.3 Å². The second-order valence-electron chi connectivity index (χ2n) is 2.06. The minimum atomic E-state index is -0.250. The van der Waals surface area contributed by atoms with Gasteiger partial charge in [0.1, 0.15) is 0 Å². The second kappa shape index (κ2) is 5.35. The van der Waals surface area contributed by atoms with Crippen LogP contribution >= 0.6 is 12.4 Å². The van der Waals surface area contributed by atoms with Crippen LogP contribution < -0.4 is 5.73 Å². The van der Waals surface area contributed by atoms with E-state index in [9.17, 15) is 0 Å². The molecular weight excluding hydrogens is 126 g/mol. The van der Waals surface area contributed by atoms with E-state index in [1.807, 2.05) is 6.92 Å². The van der Waals surface area contributed by atoms with Gasteiger partial charge in [0.15, 0.2) is 0 Å². The third kappa shape index (κ3) is 9.51. The Balaban J connectivity index is 0. The maximum Gasteiger partial charge on any atom is 0.0526 e. The molecule has 2 atom stereocenters. The second-order valence-corrected chi connectivity index (χ2v) is 2.06. The predicted octanol–water partition coefficient (Wildman–Crippen LogP) is 0.526. The molecule has 0 bridgehead atoms. The number of hydrogen-bond donors (Lipinski definition) is 2. The van der Waals surface area contributed by atoms with E-state index in [0.29, 0.717) is 6.42 Å². The van der Waals surface area contributed by atoms with E-state index in [1.165, 1.54) is 0 Å². The molecule has 2 nitrogen and oxygen atoms in total. The molecule has 0 aliphatic carbocycles. The van der Waals surface area contributed by atoms with Crippen LogP contribution in [0, 0.1) is 0 Å². The number of hydrogen-bond acceptors (Lipinski definition) is 2. The van der Waals surface area contributed by atoms with Crippen LogP contribution in [0.1, 0.15) is 20.3 Å². The average molecular weight is 140 g/mol. The Kier molecular flexibility index (Phi) is 7.40. The first kappa shape index (κ1) is 11.1. The van der Waals surface area contributed by atoms with Gasteiger partial charge in [0.05, 0.1) is 6.10 Å². The quantitative estimate of drug-likeness (QED) is 0.586. The highest BCUT2D eigenvalue weighted by Crippen LogP contribution is 1.91. The highest BCUT2D eigenvalue weighted by atomic mass is 35.5. The Labute approximate surface area is 56.5 Å². The number of halogens is 1. The van der Waals surface area contributed by atoms with Crippen LogP contribution in [0.3, 0.4) is 0 Å². The molecule has 0 spiro atoms. The molecule has 0 aromatic heterocycles. The largest absolute Gasteiger partial charge is 0.393 e. The van der Waals surface area contributed by atoms with Gasteiger partial charge in [0.2, 0.25) is 0 Å². The molecule has 0 aliphatic rings. The van der Waals surface area contributed by atoms with Crippen molar-refractivity contribution < 1.29 is 5.11 Å².